The maximum atomic E-state index is 6.55. The van der Waals surface area contributed by atoms with Gasteiger partial charge in [0.25, 0.3) is 0 Å². The Morgan fingerprint density at radius 1 is 1.05 bits per heavy atom. The van der Waals surface area contributed by atoms with Crippen molar-refractivity contribution in [3.63, 3.8) is 0 Å². The molecule has 2 N–H and O–H groups in total. The van der Waals surface area contributed by atoms with Crippen LogP contribution in [0.5, 0.6) is 5.75 Å². The Labute approximate surface area is 121 Å². The van der Waals surface area contributed by atoms with Gasteiger partial charge in [0, 0.05) is 12.1 Å². The smallest absolute Gasteiger partial charge is 0.122 e. The molecule has 1 heterocycles. The van der Waals surface area contributed by atoms with Crippen molar-refractivity contribution in [2.75, 3.05) is 13.2 Å². The molecule has 1 aliphatic carbocycles. The van der Waals surface area contributed by atoms with Gasteiger partial charge in [-0.2, -0.15) is 0 Å². The average molecular weight is 275 g/mol. The largest absolute Gasteiger partial charge is 0.488 e. The molecule has 0 bridgehead atoms. The Balaban J connectivity index is 1.64. The third kappa shape index (κ3) is 3.15. The molecule has 2 aliphatic rings. The fourth-order valence-electron chi connectivity index (χ4n) is 3.33. The lowest BCUT2D eigenvalue weighted by Gasteiger charge is -2.34. The summed E-state index contributed by atoms with van der Waals surface area (Å²) in [6, 6.07) is 8.41. The van der Waals surface area contributed by atoms with Gasteiger partial charge in [0.2, 0.25) is 0 Å². The number of benzene rings is 1. The fourth-order valence-corrected chi connectivity index (χ4v) is 3.33. The van der Waals surface area contributed by atoms with Crippen molar-refractivity contribution in [2.24, 2.45) is 5.73 Å². The van der Waals surface area contributed by atoms with Crippen molar-refractivity contribution >= 4 is 0 Å². The Hall–Kier alpha value is -1.06. The number of hydrogen-bond donors (Lipinski definition) is 1. The van der Waals surface area contributed by atoms with Crippen molar-refractivity contribution in [2.45, 2.75) is 56.6 Å². The Kier molecular flexibility index (Phi) is 4.27. The van der Waals surface area contributed by atoms with Crippen LogP contribution in [0.4, 0.5) is 0 Å². The highest BCUT2D eigenvalue weighted by Crippen LogP contribution is 2.35. The van der Waals surface area contributed by atoms with Crippen LogP contribution in [-0.4, -0.2) is 19.3 Å². The van der Waals surface area contributed by atoms with Crippen molar-refractivity contribution in [3.8, 4) is 5.75 Å². The SMILES string of the molecule is NC1(c2ccc(OC3CCCOC3)cc2)CCCCC1. The molecule has 3 rings (SSSR count). The van der Waals surface area contributed by atoms with E-state index in [0.717, 1.165) is 38.0 Å². The van der Waals surface area contributed by atoms with Crippen LogP contribution in [0.1, 0.15) is 50.5 Å². The molecule has 1 unspecified atom stereocenters. The molecule has 1 saturated heterocycles. The minimum Gasteiger partial charge on any atom is -0.488 e. The van der Waals surface area contributed by atoms with Gasteiger partial charge in [-0.25, -0.2) is 0 Å². The van der Waals surface area contributed by atoms with E-state index in [0.29, 0.717) is 6.61 Å². The lowest BCUT2D eigenvalue weighted by Crippen LogP contribution is -2.38. The molecule has 110 valence electrons. The van der Waals surface area contributed by atoms with Crippen molar-refractivity contribution in [3.05, 3.63) is 29.8 Å². The van der Waals surface area contributed by atoms with E-state index in [9.17, 15) is 0 Å². The van der Waals surface area contributed by atoms with Crippen LogP contribution in [0.15, 0.2) is 24.3 Å². The topological polar surface area (TPSA) is 44.5 Å². The van der Waals surface area contributed by atoms with E-state index in [2.05, 4.69) is 24.3 Å². The minimum absolute atomic E-state index is 0.120. The van der Waals surface area contributed by atoms with E-state index in [1.165, 1.54) is 24.8 Å². The lowest BCUT2D eigenvalue weighted by atomic mass is 9.77. The summed E-state index contributed by atoms with van der Waals surface area (Å²) in [6.45, 7) is 1.58. The molecule has 3 heteroatoms. The van der Waals surface area contributed by atoms with Crippen molar-refractivity contribution < 1.29 is 9.47 Å². The molecule has 1 aromatic carbocycles. The van der Waals surface area contributed by atoms with Gasteiger partial charge in [-0.1, -0.05) is 31.4 Å². The summed E-state index contributed by atoms with van der Waals surface area (Å²) >= 11 is 0. The van der Waals surface area contributed by atoms with E-state index in [-0.39, 0.29) is 11.6 Å². The van der Waals surface area contributed by atoms with E-state index in [1.807, 2.05) is 0 Å². The number of hydrogen-bond acceptors (Lipinski definition) is 3. The second-order valence-electron chi connectivity index (χ2n) is 6.20. The quantitative estimate of drug-likeness (QED) is 0.920. The van der Waals surface area contributed by atoms with Gasteiger partial charge in [-0.3, -0.25) is 0 Å². The summed E-state index contributed by atoms with van der Waals surface area (Å²) in [5.41, 5.74) is 7.69. The normalized spacial score (nSPS) is 26.1. The first-order valence-corrected chi connectivity index (χ1v) is 7.90. The molecule has 0 spiro atoms. The minimum atomic E-state index is -0.120. The zero-order chi connectivity index (χ0) is 13.8. The van der Waals surface area contributed by atoms with Crippen molar-refractivity contribution in [1.29, 1.82) is 0 Å². The second kappa shape index (κ2) is 6.15. The van der Waals surface area contributed by atoms with E-state index in [4.69, 9.17) is 15.2 Å². The standard InChI is InChI=1S/C17H25NO2/c18-17(10-2-1-3-11-17)14-6-8-15(9-7-14)20-16-5-4-12-19-13-16/h6-9,16H,1-5,10-13,18H2. The summed E-state index contributed by atoms with van der Waals surface area (Å²) in [5.74, 6) is 0.934. The zero-order valence-electron chi connectivity index (χ0n) is 12.1. The zero-order valence-corrected chi connectivity index (χ0v) is 12.1. The molecule has 1 aliphatic heterocycles. The molecule has 20 heavy (non-hydrogen) atoms. The van der Waals surface area contributed by atoms with Crippen molar-refractivity contribution in [1.82, 2.24) is 0 Å². The van der Waals surface area contributed by atoms with Crippen LogP contribution in [-0.2, 0) is 10.3 Å². The lowest BCUT2D eigenvalue weighted by molar-refractivity contribution is 0.00741. The average Bonchev–Trinajstić information content (AvgIpc) is 2.50. The molecule has 1 aromatic rings. The number of ether oxygens (including phenoxy) is 2. The van der Waals surface area contributed by atoms with Crippen LogP contribution in [0.2, 0.25) is 0 Å². The Morgan fingerprint density at radius 3 is 2.45 bits per heavy atom. The molecular formula is C17H25NO2. The fraction of sp³-hybridized carbons (Fsp3) is 0.647. The third-order valence-electron chi connectivity index (χ3n) is 4.60. The summed E-state index contributed by atoms with van der Waals surface area (Å²) in [5, 5.41) is 0. The molecule has 3 nitrogen and oxygen atoms in total. The first-order chi connectivity index (χ1) is 9.76. The molecule has 2 fully saturated rings. The maximum Gasteiger partial charge on any atom is 0.122 e. The highest BCUT2D eigenvalue weighted by Gasteiger charge is 2.29. The van der Waals surface area contributed by atoms with Gasteiger partial charge in [0.1, 0.15) is 11.9 Å². The van der Waals surface area contributed by atoms with Gasteiger partial charge < -0.3 is 15.2 Å². The number of nitrogens with two attached hydrogens (primary N) is 1. The van der Waals surface area contributed by atoms with Gasteiger partial charge in [0.05, 0.1) is 6.61 Å². The van der Waals surface area contributed by atoms with E-state index >= 15 is 0 Å². The Bertz CT molecular complexity index is 417. The summed E-state index contributed by atoms with van der Waals surface area (Å²) in [6.07, 6.45) is 8.39. The van der Waals surface area contributed by atoms with Gasteiger partial charge in [-0.05, 0) is 43.4 Å². The third-order valence-corrected chi connectivity index (χ3v) is 4.60. The molecule has 1 atom stereocenters. The monoisotopic (exact) mass is 275 g/mol. The molecule has 0 amide bonds. The predicted octanol–water partition coefficient (Wildman–Crippen LogP) is 3.36. The summed E-state index contributed by atoms with van der Waals surface area (Å²) < 4.78 is 11.4. The Morgan fingerprint density at radius 2 is 1.80 bits per heavy atom. The first kappa shape index (κ1) is 13.9. The van der Waals surface area contributed by atoms with Crippen LogP contribution >= 0.6 is 0 Å². The first-order valence-electron chi connectivity index (χ1n) is 7.90. The van der Waals surface area contributed by atoms with Crippen LogP contribution in [0, 0.1) is 0 Å². The van der Waals surface area contributed by atoms with Gasteiger partial charge >= 0.3 is 0 Å². The highest BCUT2D eigenvalue weighted by molar-refractivity contribution is 5.32. The molecular weight excluding hydrogens is 250 g/mol. The van der Waals surface area contributed by atoms with Crippen LogP contribution in [0.3, 0.4) is 0 Å². The number of rotatable bonds is 3. The molecule has 0 aromatic heterocycles. The molecule has 1 saturated carbocycles. The molecule has 0 radical (unpaired) electrons. The van der Waals surface area contributed by atoms with E-state index < -0.39 is 0 Å². The van der Waals surface area contributed by atoms with E-state index in [1.54, 1.807) is 0 Å². The highest BCUT2D eigenvalue weighted by atomic mass is 16.5. The van der Waals surface area contributed by atoms with Gasteiger partial charge in [-0.15, -0.1) is 0 Å². The summed E-state index contributed by atoms with van der Waals surface area (Å²) in [7, 11) is 0. The maximum absolute atomic E-state index is 6.55. The summed E-state index contributed by atoms with van der Waals surface area (Å²) in [4.78, 5) is 0. The van der Waals surface area contributed by atoms with Crippen LogP contribution < -0.4 is 10.5 Å². The van der Waals surface area contributed by atoms with Gasteiger partial charge in [0.15, 0.2) is 0 Å². The predicted molar refractivity (Wildman–Crippen MR) is 79.9 cm³/mol. The van der Waals surface area contributed by atoms with Crippen LogP contribution in [0.25, 0.3) is 0 Å². The second-order valence-corrected chi connectivity index (χ2v) is 6.20.